The maximum absolute atomic E-state index is 12.7. The van der Waals surface area contributed by atoms with E-state index in [2.05, 4.69) is 21.2 Å². The molecule has 1 aliphatic rings. The standard InChI is InChI=1S/C30H30N4O7S/c1-4-38-28(36)20-10-8-9-19(15-20)23-14-13-21(41-23)16-31-34-25(35)17-40-24-12-7-6-11-22(24)27-26(29(37)39-5-2)18(3)32-30(42)33-27/h6-16,27H,4-5,17H2,1-3H3,(H,34,35)(H2,32,33,42)/t27-/m0/s1. The van der Waals surface area contributed by atoms with Crippen LogP contribution in [0.2, 0.25) is 0 Å². The predicted octanol–water partition coefficient (Wildman–Crippen LogP) is 4.01. The average molecular weight is 591 g/mol. The molecule has 12 heteroatoms. The Hall–Kier alpha value is -4.97. The molecule has 0 unspecified atom stereocenters. The van der Waals surface area contributed by atoms with Crippen molar-refractivity contribution in [2.24, 2.45) is 5.10 Å². The normalized spacial score (nSPS) is 14.6. The van der Waals surface area contributed by atoms with E-state index in [0.717, 1.165) is 0 Å². The van der Waals surface area contributed by atoms with Crippen molar-refractivity contribution in [1.82, 2.24) is 16.1 Å². The van der Waals surface area contributed by atoms with Gasteiger partial charge in [0.1, 0.15) is 17.3 Å². The van der Waals surface area contributed by atoms with Crippen molar-refractivity contribution in [1.29, 1.82) is 0 Å². The van der Waals surface area contributed by atoms with E-state index in [9.17, 15) is 14.4 Å². The zero-order valence-electron chi connectivity index (χ0n) is 23.3. The number of carbonyl (C=O) groups excluding carboxylic acids is 3. The molecule has 0 spiro atoms. The van der Waals surface area contributed by atoms with Crippen molar-refractivity contribution < 1.29 is 33.0 Å². The van der Waals surface area contributed by atoms with Crippen LogP contribution in [0.4, 0.5) is 0 Å². The predicted molar refractivity (Wildman–Crippen MR) is 159 cm³/mol. The number of rotatable bonds is 11. The van der Waals surface area contributed by atoms with Crippen molar-refractivity contribution in [3.63, 3.8) is 0 Å². The molecule has 11 nitrogen and oxygen atoms in total. The van der Waals surface area contributed by atoms with E-state index < -0.39 is 23.9 Å². The number of nitrogens with one attached hydrogen (secondary N) is 3. The first-order valence-electron chi connectivity index (χ1n) is 13.2. The molecule has 3 N–H and O–H groups in total. The highest BCUT2D eigenvalue weighted by Crippen LogP contribution is 2.33. The van der Waals surface area contributed by atoms with Crippen LogP contribution < -0.4 is 20.8 Å². The molecule has 1 amide bonds. The first-order valence-corrected chi connectivity index (χ1v) is 13.6. The van der Waals surface area contributed by atoms with Crippen LogP contribution in [0.15, 0.2) is 81.5 Å². The molecule has 0 saturated carbocycles. The van der Waals surface area contributed by atoms with Gasteiger partial charge in [-0.15, -0.1) is 0 Å². The van der Waals surface area contributed by atoms with E-state index in [1.54, 1.807) is 81.4 Å². The summed E-state index contributed by atoms with van der Waals surface area (Å²) in [5.41, 5.74) is 5.04. The number of allylic oxidation sites excluding steroid dienone is 1. The second kappa shape index (κ2) is 14.1. The van der Waals surface area contributed by atoms with Crippen LogP contribution in [0.5, 0.6) is 5.75 Å². The summed E-state index contributed by atoms with van der Waals surface area (Å²) in [6, 6.07) is 16.7. The van der Waals surface area contributed by atoms with Gasteiger partial charge in [0.25, 0.3) is 5.91 Å². The van der Waals surface area contributed by atoms with Crippen LogP contribution >= 0.6 is 12.2 Å². The highest BCUT2D eigenvalue weighted by atomic mass is 32.1. The summed E-state index contributed by atoms with van der Waals surface area (Å²) in [6.07, 6.45) is 1.35. The third-order valence-corrected chi connectivity index (χ3v) is 6.24. The van der Waals surface area contributed by atoms with Gasteiger partial charge >= 0.3 is 11.9 Å². The molecule has 42 heavy (non-hydrogen) atoms. The smallest absolute Gasteiger partial charge is 0.338 e. The van der Waals surface area contributed by atoms with Crippen LogP contribution in [0, 0.1) is 0 Å². The number of ether oxygens (including phenoxy) is 3. The molecule has 3 aromatic rings. The summed E-state index contributed by atoms with van der Waals surface area (Å²) in [4.78, 5) is 37.2. The Bertz CT molecular complexity index is 1550. The van der Waals surface area contributed by atoms with Crippen LogP contribution in [0.25, 0.3) is 11.3 Å². The van der Waals surface area contributed by atoms with Gasteiger partial charge in [0.2, 0.25) is 0 Å². The fourth-order valence-corrected chi connectivity index (χ4v) is 4.46. The number of nitrogens with zero attached hydrogens (tertiary/aromatic N) is 1. The number of esters is 2. The molecule has 2 heterocycles. The molecule has 0 bridgehead atoms. The fourth-order valence-electron chi connectivity index (χ4n) is 4.19. The van der Waals surface area contributed by atoms with E-state index in [1.165, 1.54) is 6.21 Å². The lowest BCUT2D eigenvalue weighted by atomic mass is 9.95. The zero-order chi connectivity index (χ0) is 30.1. The summed E-state index contributed by atoms with van der Waals surface area (Å²) in [5, 5.41) is 10.3. The maximum Gasteiger partial charge on any atom is 0.338 e. The Kier molecular flexibility index (Phi) is 10.1. The van der Waals surface area contributed by atoms with Crippen molar-refractivity contribution in [3.05, 3.63) is 88.8 Å². The Morgan fingerprint density at radius 2 is 1.79 bits per heavy atom. The molecule has 1 aliphatic heterocycles. The fraction of sp³-hybridized carbons (Fsp3) is 0.233. The minimum Gasteiger partial charge on any atom is -0.483 e. The van der Waals surface area contributed by atoms with Gasteiger partial charge in [-0.25, -0.2) is 15.0 Å². The highest BCUT2D eigenvalue weighted by Gasteiger charge is 2.32. The molecule has 218 valence electrons. The molecule has 0 saturated heterocycles. The number of carbonyl (C=O) groups is 3. The van der Waals surface area contributed by atoms with Crippen LogP contribution in [0.3, 0.4) is 0 Å². The molecule has 4 rings (SSSR count). The molecular formula is C30H30N4O7S. The van der Waals surface area contributed by atoms with Gasteiger partial charge in [0, 0.05) is 16.8 Å². The number of amides is 1. The summed E-state index contributed by atoms with van der Waals surface area (Å²) in [7, 11) is 0. The van der Waals surface area contributed by atoms with Gasteiger partial charge in [-0.3, -0.25) is 4.79 Å². The SMILES string of the molecule is CCOC(=O)C1=C(C)NC(=S)N[C@H]1c1ccccc1OCC(=O)NN=Cc1ccc(-c2cccc(C(=O)OCC)c2)o1. The third-order valence-electron chi connectivity index (χ3n) is 6.02. The summed E-state index contributed by atoms with van der Waals surface area (Å²) in [5.74, 6) is -0.125. The maximum atomic E-state index is 12.7. The lowest BCUT2D eigenvalue weighted by Crippen LogP contribution is -2.45. The Balaban J connectivity index is 1.38. The molecule has 1 atom stereocenters. The molecule has 0 fully saturated rings. The Labute approximate surface area is 247 Å². The van der Waals surface area contributed by atoms with E-state index >= 15 is 0 Å². The quantitative estimate of drug-likeness (QED) is 0.130. The lowest BCUT2D eigenvalue weighted by Gasteiger charge is -2.30. The van der Waals surface area contributed by atoms with Gasteiger partial charge in [0.15, 0.2) is 11.7 Å². The molecular weight excluding hydrogens is 560 g/mol. The van der Waals surface area contributed by atoms with Crippen LogP contribution in [-0.2, 0) is 19.1 Å². The van der Waals surface area contributed by atoms with E-state index in [-0.39, 0.29) is 19.8 Å². The second-order valence-electron chi connectivity index (χ2n) is 8.91. The van der Waals surface area contributed by atoms with Gasteiger partial charge < -0.3 is 29.3 Å². The second-order valence-corrected chi connectivity index (χ2v) is 9.32. The number of hydrogen-bond donors (Lipinski definition) is 3. The van der Waals surface area contributed by atoms with Crippen molar-refractivity contribution in [3.8, 4) is 17.1 Å². The molecule has 1 aromatic heterocycles. The first kappa shape index (κ1) is 30.0. The Morgan fingerprint density at radius 3 is 2.57 bits per heavy atom. The van der Waals surface area contributed by atoms with Crippen LogP contribution in [-0.4, -0.2) is 49.0 Å². The van der Waals surface area contributed by atoms with Crippen molar-refractivity contribution in [2.45, 2.75) is 26.8 Å². The van der Waals surface area contributed by atoms with E-state index in [1.807, 2.05) is 0 Å². The van der Waals surface area contributed by atoms with Crippen molar-refractivity contribution in [2.75, 3.05) is 19.8 Å². The zero-order valence-corrected chi connectivity index (χ0v) is 24.1. The summed E-state index contributed by atoms with van der Waals surface area (Å²) in [6.45, 7) is 5.37. The monoisotopic (exact) mass is 590 g/mol. The summed E-state index contributed by atoms with van der Waals surface area (Å²) < 4.78 is 21.9. The molecule has 2 aromatic carbocycles. The third kappa shape index (κ3) is 7.40. The highest BCUT2D eigenvalue weighted by molar-refractivity contribution is 7.80. The van der Waals surface area contributed by atoms with Gasteiger partial charge in [-0.05, 0) is 63.3 Å². The number of para-hydroxylation sites is 1. The van der Waals surface area contributed by atoms with E-state index in [0.29, 0.717) is 50.3 Å². The topological polar surface area (TPSA) is 140 Å². The minimum atomic E-state index is -0.638. The minimum absolute atomic E-state index is 0.216. The number of benzene rings is 2. The first-order chi connectivity index (χ1) is 20.3. The van der Waals surface area contributed by atoms with Gasteiger partial charge in [0.05, 0.1) is 36.6 Å². The number of hydrazone groups is 1. The molecule has 0 aliphatic carbocycles. The largest absolute Gasteiger partial charge is 0.483 e. The van der Waals surface area contributed by atoms with E-state index in [4.69, 9.17) is 30.8 Å². The van der Waals surface area contributed by atoms with Gasteiger partial charge in [-0.2, -0.15) is 5.10 Å². The van der Waals surface area contributed by atoms with Crippen molar-refractivity contribution >= 4 is 41.4 Å². The molecule has 0 radical (unpaired) electrons. The van der Waals surface area contributed by atoms with Gasteiger partial charge in [-0.1, -0.05) is 30.3 Å². The Morgan fingerprint density at radius 1 is 1.02 bits per heavy atom. The summed E-state index contributed by atoms with van der Waals surface area (Å²) >= 11 is 5.30. The van der Waals surface area contributed by atoms with Crippen LogP contribution in [0.1, 0.15) is 48.5 Å². The number of hydrogen-bond acceptors (Lipinski definition) is 9. The average Bonchev–Trinajstić information content (AvgIpc) is 3.45. The number of thiocarbonyl (C=S) groups is 1. The lowest BCUT2D eigenvalue weighted by molar-refractivity contribution is -0.139. The number of furan rings is 1.